The van der Waals surface area contributed by atoms with E-state index in [0.717, 1.165) is 23.9 Å². The van der Waals surface area contributed by atoms with Crippen LogP contribution in [-0.2, 0) is 4.74 Å². The lowest BCUT2D eigenvalue weighted by Crippen LogP contribution is -2.32. The lowest BCUT2D eigenvalue weighted by molar-refractivity contribution is 0.205. The number of aromatic nitrogens is 1. The predicted octanol–water partition coefficient (Wildman–Crippen LogP) is 0.863. The Kier molecular flexibility index (Phi) is 4.86. The van der Waals surface area contributed by atoms with Crippen molar-refractivity contribution < 1.29 is 4.74 Å². The van der Waals surface area contributed by atoms with Gasteiger partial charge in [-0.15, -0.1) is 11.3 Å². The Morgan fingerprint density at radius 2 is 2.36 bits per heavy atom. The van der Waals surface area contributed by atoms with Crippen LogP contribution in [-0.4, -0.2) is 38.3 Å². The molecule has 0 unspecified atom stereocenters. The second kappa shape index (κ2) is 5.95. The number of anilines is 1. The SMILES string of the molecule is COCCN(CCN)c1nc(C)cs1. The van der Waals surface area contributed by atoms with Crippen LogP contribution in [0.3, 0.4) is 0 Å². The van der Waals surface area contributed by atoms with Gasteiger partial charge < -0.3 is 15.4 Å². The lowest BCUT2D eigenvalue weighted by atomic mass is 10.5. The van der Waals surface area contributed by atoms with Crippen LogP contribution in [0.25, 0.3) is 0 Å². The maximum Gasteiger partial charge on any atom is 0.185 e. The zero-order valence-electron chi connectivity index (χ0n) is 8.69. The Morgan fingerprint density at radius 1 is 1.57 bits per heavy atom. The van der Waals surface area contributed by atoms with Crippen LogP contribution < -0.4 is 10.6 Å². The van der Waals surface area contributed by atoms with E-state index in [2.05, 4.69) is 9.88 Å². The highest BCUT2D eigenvalue weighted by atomic mass is 32.1. The third-order valence-corrected chi connectivity index (χ3v) is 2.86. The first-order valence-corrected chi connectivity index (χ1v) is 5.52. The van der Waals surface area contributed by atoms with Crippen LogP contribution in [0.2, 0.25) is 0 Å². The van der Waals surface area contributed by atoms with E-state index in [1.807, 2.05) is 12.3 Å². The number of hydrogen-bond acceptors (Lipinski definition) is 5. The Labute approximate surface area is 88.7 Å². The first-order valence-electron chi connectivity index (χ1n) is 4.64. The summed E-state index contributed by atoms with van der Waals surface area (Å²) >= 11 is 1.65. The first kappa shape index (κ1) is 11.4. The third-order valence-electron chi connectivity index (χ3n) is 1.84. The van der Waals surface area contributed by atoms with Gasteiger partial charge in [-0.1, -0.05) is 0 Å². The van der Waals surface area contributed by atoms with Crippen LogP contribution in [0.15, 0.2) is 5.38 Å². The van der Waals surface area contributed by atoms with E-state index in [1.165, 1.54) is 0 Å². The molecular formula is C9H17N3OS. The number of aryl methyl sites for hydroxylation is 1. The van der Waals surface area contributed by atoms with E-state index in [4.69, 9.17) is 10.5 Å². The molecule has 0 radical (unpaired) electrons. The topological polar surface area (TPSA) is 51.4 Å². The van der Waals surface area contributed by atoms with Crippen LogP contribution in [0.1, 0.15) is 5.69 Å². The summed E-state index contributed by atoms with van der Waals surface area (Å²) in [6.07, 6.45) is 0. The fourth-order valence-corrected chi connectivity index (χ4v) is 2.00. The molecule has 1 aromatic heterocycles. The standard InChI is InChI=1S/C9H17N3OS/c1-8-7-14-9(11-8)12(4-3-10)5-6-13-2/h7H,3-6,10H2,1-2H3. The highest BCUT2D eigenvalue weighted by molar-refractivity contribution is 7.13. The van der Waals surface area contributed by atoms with Crippen molar-refractivity contribution in [3.05, 3.63) is 11.1 Å². The number of methoxy groups -OCH3 is 1. The van der Waals surface area contributed by atoms with Crippen LogP contribution in [0.4, 0.5) is 5.13 Å². The fourth-order valence-electron chi connectivity index (χ4n) is 1.15. The summed E-state index contributed by atoms with van der Waals surface area (Å²) in [4.78, 5) is 6.57. The van der Waals surface area contributed by atoms with Crippen molar-refractivity contribution in [1.29, 1.82) is 0 Å². The molecule has 4 nitrogen and oxygen atoms in total. The molecule has 80 valence electrons. The quantitative estimate of drug-likeness (QED) is 0.765. The van der Waals surface area contributed by atoms with Crippen molar-refractivity contribution in [2.75, 3.05) is 38.3 Å². The van der Waals surface area contributed by atoms with Gasteiger partial charge in [-0.25, -0.2) is 4.98 Å². The molecule has 0 bridgehead atoms. The van der Waals surface area contributed by atoms with Gasteiger partial charge in [-0.2, -0.15) is 0 Å². The number of nitrogens with two attached hydrogens (primary N) is 1. The Balaban J connectivity index is 2.57. The van der Waals surface area contributed by atoms with E-state index >= 15 is 0 Å². The Hall–Kier alpha value is -0.650. The maximum atomic E-state index is 5.54. The second-order valence-corrected chi connectivity index (χ2v) is 3.88. The zero-order chi connectivity index (χ0) is 10.4. The third kappa shape index (κ3) is 3.25. The highest BCUT2D eigenvalue weighted by Gasteiger charge is 2.08. The van der Waals surface area contributed by atoms with E-state index in [9.17, 15) is 0 Å². The van der Waals surface area contributed by atoms with Gasteiger partial charge in [-0.05, 0) is 6.92 Å². The molecule has 1 rings (SSSR count). The van der Waals surface area contributed by atoms with Gasteiger partial charge in [-0.3, -0.25) is 0 Å². The number of nitrogens with zero attached hydrogens (tertiary/aromatic N) is 2. The highest BCUT2D eigenvalue weighted by Crippen LogP contribution is 2.19. The van der Waals surface area contributed by atoms with Gasteiger partial charge >= 0.3 is 0 Å². The predicted molar refractivity (Wildman–Crippen MR) is 60.0 cm³/mol. The molecule has 5 heteroatoms. The van der Waals surface area contributed by atoms with Crippen molar-refractivity contribution in [1.82, 2.24) is 4.98 Å². The van der Waals surface area contributed by atoms with Crippen LogP contribution in [0, 0.1) is 6.92 Å². The minimum atomic E-state index is 0.641. The molecule has 0 aromatic carbocycles. The van der Waals surface area contributed by atoms with Crippen LogP contribution >= 0.6 is 11.3 Å². The lowest BCUT2D eigenvalue weighted by Gasteiger charge is -2.20. The summed E-state index contributed by atoms with van der Waals surface area (Å²) in [5, 5.41) is 3.08. The summed E-state index contributed by atoms with van der Waals surface area (Å²) in [6.45, 7) is 5.02. The van der Waals surface area contributed by atoms with E-state index in [0.29, 0.717) is 13.2 Å². The largest absolute Gasteiger partial charge is 0.383 e. The van der Waals surface area contributed by atoms with Gasteiger partial charge in [0.05, 0.1) is 12.3 Å². The molecule has 1 aromatic rings. The number of thiazole rings is 1. The summed E-state index contributed by atoms with van der Waals surface area (Å²) < 4.78 is 5.04. The smallest absolute Gasteiger partial charge is 0.185 e. The van der Waals surface area contributed by atoms with Crippen LogP contribution in [0.5, 0.6) is 0 Å². The molecule has 1 heterocycles. The summed E-state index contributed by atoms with van der Waals surface area (Å²) in [5.74, 6) is 0. The molecular weight excluding hydrogens is 198 g/mol. The van der Waals surface area contributed by atoms with Crippen molar-refractivity contribution in [3.63, 3.8) is 0 Å². The maximum absolute atomic E-state index is 5.54. The average Bonchev–Trinajstić information content (AvgIpc) is 2.59. The molecule has 0 aliphatic heterocycles. The van der Waals surface area contributed by atoms with Gasteiger partial charge in [0.15, 0.2) is 5.13 Å². The molecule has 0 saturated carbocycles. The molecule has 2 N–H and O–H groups in total. The number of ether oxygens (including phenoxy) is 1. The van der Waals surface area contributed by atoms with Gasteiger partial charge in [0.2, 0.25) is 0 Å². The second-order valence-electron chi connectivity index (χ2n) is 3.04. The normalized spacial score (nSPS) is 10.5. The van der Waals surface area contributed by atoms with E-state index < -0.39 is 0 Å². The molecule has 0 amide bonds. The fraction of sp³-hybridized carbons (Fsp3) is 0.667. The molecule has 0 aliphatic carbocycles. The Morgan fingerprint density at radius 3 is 2.86 bits per heavy atom. The molecule has 0 aliphatic rings. The minimum absolute atomic E-state index is 0.641. The van der Waals surface area contributed by atoms with E-state index in [-0.39, 0.29) is 0 Å². The molecule has 14 heavy (non-hydrogen) atoms. The minimum Gasteiger partial charge on any atom is -0.383 e. The zero-order valence-corrected chi connectivity index (χ0v) is 9.51. The van der Waals surface area contributed by atoms with Crippen molar-refractivity contribution in [2.45, 2.75) is 6.92 Å². The summed E-state index contributed by atoms with van der Waals surface area (Å²) in [7, 11) is 1.70. The molecule has 0 spiro atoms. The van der Waals surface area contributed by atoms with Gasteiger partial charge in [0.1, 0.15) is 0 Å². The van der Waals surface area contributed by atoms with Gasteiger partial charge in [0, 0.05) is 32.1 Å². The summed E-state index contributed by atoms with van der Waals surface area (Å²) in [6, 6.07) is 0. The number of hydrogen-bond donors (Lipinski definition) is 1. The summed E-state index contributed by atoms with van der Waals surface area (Å²) in [5.41, 5.74) is 6.60. The first-order chi connectivity index (χ1) is 6.77. The van der Waals surface area contributed by atoms with Crippen molar-refractivity contribution in [3.8, 4) is 0 Å². The Bertz CT molecular complexity index is 264. The molecule has 0 fully saturated rings. The molecule has 0 saturated heterocycles. The van der Waals surface area contributed by atoms with Crippen molar-refractivity contribution in [2.24, 2.45) is 5.73 Å². The van der Waals surface area contributed by atoms with Gasteiger partial charge in [0.25, 0.3) is 0 Å². The van der Waals surface area contributed by atoms with E-state index in [1.54, 1.807) is 18.4 Å². The molecule has 0 atom stereocenters. The average molecular weight is 215 g/mol. The monoisotopic (exact) mass is 215 g/mol. The number of rotatable bonds is 6. The van der Waals surface area contributed by atoms with Crippen molar-refractivity contribution >= 4 is 16.5 Å².